The summed E-state index contributed by atoms with van der Waals surface area (Å²) in [6.07, 6.45) is -0.669. The Hall–Kier alpha value is -2.83. The van der Waals surface area contributed by atoms with E-state index in [1.54, 1.807) is 39.0 Å². The van der Waals surface area contributed by atoms with Crippen molar-refractivity contribution in [2.75, 3.05) is 11.9 Å². The van der Waals surface area contributed by atoms with Gasteiger partial charge in [-0.15, -0.1) is 0 Å². The molecule has 0 saturated carbocycles. The van der Waals surface area contributed by atoms with Gasteiger partial charge in [-0.1, -0.05) is 0 Å². The SMILES string of the molecule is Cc1cc(=O)oc2cc(NC(=O)CNC(=O)OC(C)(C)C)ccc12. The highest BCUT2D eigenvalue weighted by molar-refractivity contribution is 5.95. The van der Waals surface area contributed by atoms with Gasteiger partial charge in [-0.2, -0.15) is 0 Å². The van der Waals surface area contributed by atoms with Gasteiger partial charge in [-0.3, -0.25) is 4.79 Å². The molecule has 7 heteroatoms. The number of fused-ring (bicyclic) bond motifs is 1. The van der Waals surface area contributed by atoms with Crippen LogP contribution in [0.2, 0.25) is 0 Å². The predicted molar refractivity (Wildman–Crippen MR) is 90.1 cm³/mol. The quantitative estimate of drug-likeness (QED) is 0.842. The van der Waals surface area contributed by atoms with Crippen LogP contribution in [0.5, 0.6) is 0 Å². The lowest BCUT2D eigenvalue weighted by atomic mass is 10.1. The van der Waals surface area contributed by atoms with Gasteiger partial charge in [0.25, 0.3) is 0 Å². The highest BCUT2D eigenvalue weighted by Crippen LogP contribution is 2.20. The summed E-state index contributed by atoms with van der Waals surface area (Å²) in [7, 11) is 0. The van der Waals surface area contributed by atoms with Gasteiger partial charge in [0, 0.05) is 23.2 Å². The summed E-state index contributed by atoms with van der Waals surface area (Å²) >= 11 is 0. The molecule has 1 aromatic carbocycles. The normalized spacial score (nSPS) is 11.2. The average Bonchev–Trinajstić information content (AvgIpc) is 2.42. The van der Waals surface area contributed by atoms with Crippen molar-refractivity contribution >= 4 is 28.7 Å². The summed E-state index contributed by atoms with van der Waals surface area (Å²) in [5.74, 6) is -0.421. The van der Waals surface area contributed by atoms with Gasteiger partial charge in [0.2, 0.25) is 5.91 Å². The van der Waals surface area contributed by atoms with E-state index in [2.05, 4.69) is 10.6 Å². The Balaban J connectivity index is 2.00. The molecular weight excluding hydrogens is 312 g/mol. The monoisotopic (exact) mass is 332 g/mol. The highest BCUT2D eigenvalue weighted by atomic mass is 16.6. The summed E-state index contributed by atoms with van der Waals surface area (Å²) in [4.78, 5) is 34.8. The minimum absolute atomic E-state index is 0.231. The molecular formula is C17H20N2O5. The average molecular weight is 332 g/mol. The van der Waals surface area contributed by atoms with Gasteiger partial charge in [0.05, 0.1) is 0 Å². The Labute approximate surface area is 139 Å². The number of rotatable bonds is 3. The maximum Gasteiger partial charge on any atom is 0.408 e. The molecule has 2 N–H and O–H groups in total. The number of alkyl carbamates (subject to hydrolysis) is 1. The standard InChI is InChI=1S/C17H20N2O5/c1-10-7-15(21)23-13-8-11(5-6-12(10)13)19-14(20)9-18-16(22)24-17(2,3)4/h5-8H,9H2,1-4H3,(H,18,22)(H,19,20). The number of hydrogen-bond acceptors (Lipinski definition) is 5. The second-order valence-corrected chi connectivity index (χ2v) is 6.36. The summed E-state index contributed by atoms with van der Waals surface area (Å²) in [6.45, 7) is 6.78. The van der Waals surface area contributed by atoms with Crippen molar-refractivity contribution in [3.05, 3.63) is 40.2 Å². The maximum atomic E-state index is 11.9. The number of amides is 2. The second-order valence-electron chi connectivity index (χ2n) is 6.36. The van der Waals surface area contributed by atoms with Crippen LogP contribution in [0.3, 0.4) is 0 Å². The molecule has 0 aliphatic rings. The lowest BCUT2D eigenvalue weighted by molar-refractivity contribution is -0.115. The van der Waals surface area contributed by atoms with Crippen LogP contribution < -0.4 is 16.3 Å². The number of hydrogen-bond donors (Lipinski definition) is 2. The number of benzene rings is 1. The van der Waals surface area contributed by atoms with Crippen LogP contribution in [0.4, 0.5) is 10.5 Å². The Morgan fingerprint density at radius 1 is 1.21 bits per heavy atom. The Bertz CT molecular complexity index is 833. The Morgan fingerprint density at radius 2 is 1.92 bits per heavy atom. The third kappa shape index (κ3) is 4.84. The summed E-state index contributed by atoms with van der Waals surface area (Å²) < 4.78 is 10.2. The zero-order valence-corrected chi connectivity index (χ0v) is 14.1. The molecule has 0 bridgehead atoms. The first-order valence-electron chi connectivity index (χ1n) is 7.45. The van der Waals surface area contributed by atoms with Crippen molar-refractivity contribution in [2.45, 2.75) is 33.3 Å². The fraction of sp³-hybridized carbons (Fsp3) is 0.353. The van der Waals surface area contributed by atoms with E-state index in [9.17, 15) is 14.4 Å². The molecule has 0 saturated heterocycles. The summed E-state index contributed by atoms with van der Waals surface area (Å²) in [6, 6.07) is 6.42. The number of anilines is 1. The molecule has 2 rings (SSSR count). The number of nitrogens with one attached hydrogen (secondary N) is 2. The van der Waals surface area contributed by atoms with Gasteiger partial charge in [-0.25, -0.2) is 9.59 Å². The first kappa shape index (κ1) is 17.5. The van der Waals surface area contributed by atoms with E-state index in [0.29, 0.717) is 11.3 Å². The maximum absolute atomic E-state index is 11.9. The molecule has 2 aromatic rings. The molecule has 0 spiro atoms. The highest BCUT2D eigenvalue weighted by Gasteiger charge is 2.16. The van der Waals surface area contributed by atoms with Crippen molar-refractivity contribution in [1.29, 1.82) is 0 Å². The lowest BCUT2D eigenvalue weighted by Gasteiger charge is -2.19. The van der Waals surface area contributed by atoms with Crippen molar-refractivity contribution in [1.82, 2.24) is 5.32 Å². The van der Waals surface area contributed by atoms with Crippen molar-refractivity contribution < 1.29 is 18.7 Å². The number of ether oxygens (including phenoxy) is 1. The third-order valence-electron chi connectivity index (χ3n) is 3.03. The topological polar surface area (TPSA) is 97.6 Å². The van der Waals surface area contributed by atoms with E-state index in [1.807, 2.05) is 6.92 Å². The van der Waals surface area contributed by atoms with Gasteiger partial charge in [-0.05, 0) is 45.4 Å². The van der Waals surface area contributed by atoms with Crippen LogP contribution >= 0.6 is 0 Å². The number of aryl methyl sites for hydroxylation is 1. The van der Waals surface area contributed by atoms with E-state index >= 15 is 0 Å². The molecule has 24 heavy (non-hydrogen) atoms. The molecule has 0 fully saturated rings. The molecule has 0 unspecified atom stereocenters. The molecule has 1 aromatic heterocycles. The van der Waals surface area contributed by atoms with Crippen LogP contribution in [-0.4, -0.2) is 24.1 Å². The molecule has 0 atom stereocenters. The van der Waals surface area contributed by atoms with Gasteiger partial charge in [0.15, 0.2) is 0 Å². The molecule has 0 aliphatic heterocycles. The van der Waals surface area contributed by atoms with Crippen molar-refractivity contribution in [2.24, 2.45) is 0 Å². The fourth-order valence-electron chi connectivity index (χ4n) is 2.07. The Morgan fingerprint density at radius 3 is 2.58 bits per heavy atom. The smallest absolute Gasteiger partial charge is 0.408 e. The number of carbonyl (C=O) groups excluding carboxylic acids is 2. The van der Waals surface area contributed by atoms with Crippen LogP contribution in [0.1, 0.15) is 26.3 Å². The Kier molecular flexibility index (Phi) is 4.92. The zero-order valence-electron chi connectivity index (χ0n) is 14.1. The molecule has 128 valence electrons. The lowest BCUT2D eigenvalue weighted by Crippen LogP contribution is -2.37. The van der Waals surface area contributed by atoms with Crippen LogP contribution in [0.15, 0.2) is 33.5 Å². The van der Waals surface area contributed by atoms with Crippen LogP contribution in [0, 0.1) is 6.92 Å². The molecule has 0 radical (unpaired) electrons. The molecule has 1 heterocycles. The van der Waals surface area contributed by atoms with Crippen LogP contribution in [0.25, 0.3) is 11.0 Å². The van der Waals surface area contributed by atoms with Gasteiger partial charge < -0.3 is 19.8 Å². The second kappa shape index (κ2) is 6.74. The van der Waals surface area contributed by atoms with Gasteiger partial charge in [0.1, 0.15) is 17.7 Å². The summed E-state index contributed by atoms with van der Waals surface area (Å²) in [5, 5.41) is 5.78. The van der Waals surface area contributed by atoms with E-state index in [-0.39, 0.29) is 6.54 Å². The number of carbonyl (C=O) groups is 2. The molecule has 0 aliphatic carbocycles. The van der Waals surface area contributed by atoms with Crippen molar-refractivity contribution in [3.8, 4) is 0 Å². The summed E-state index contributed by atoms with van der Waals surface area (Å²) in [5.41, 5.74) is 0.569. The first-order chi connectivity index (χ1) is 11.1. The van der Waals surface area contributed by atoms with Crippen LogP contribution in [-0.2, 0) is 9.53 Å². The third-order valence-corrected chi connectivity index (χ3v) is 3.03. The largest absolute Gasteiger partial charge is 0.444 e. The minimum Gasteiger partial charge on any atom is -0.444 e. The first-order valence-corrected chi connectivity index (χ1v) is 7.45. The van der Waals surface area contributed by atoms with Gasteiger partial charge >= 0.3 is 11.7 Å². The van der Waals surface area contributed by atoms with E-state index in [0.717, 1.165) is 10.9 Å². The fourth-order valence-corrected chi connectivity index (χ4v) is 2.07. The van der Waals surface area contributed by atoms with E-state index < -0.39 is 23.2 Å². The van der Waals surface area contributed by atoms with Crippen molar-refractivity contribution in [3.63, 3.8) is 0 Å². The van der Waals surface area contributed by atoms with E-state index in [1.165, 1.54) is 6.07 Å². The molecule has 2 amide bonds. The molecule has 7 nitrogen and oxygen atoms in total. The minimum atomic E-state index is -0.669. The van der Waals surface area contributed by atoms with E-state index in [4.69, 9.17) is 9.15 Å². The zero-order chi connectivity index (χ0) is 17.9. The predicted octanol–water partition coefficient (Wildman–Crippen LogP) is 2.56.